The fourth-order valence-electron chi connectivity index (χ4n) is 2.43. The molecule has 2 rings (SSSR count). The molecule has 2 N–H and O–H groups in total. The molecular formula is C14H20FN3S. The molecule has 0 amide bonds. The Morgan fingerprint density at radius 2 is 2.05 bits per heavy atom. The van der Waals surface area contributed by atoms with Gasteiger partial charge in [-0.2, -0.15) is 0 Å². The number of hydrogen-bond acceptors (Lipinski definition) is 3. The van der Waals surface area contributed by atoms with Crippen LogP contribution in [0.2, 0.25) is 0 Å². The summed E-state index contributed by atoms with van der Waals surface area (Å²) in [5.41, 5.74) is 7.33. The summed E-state index contributed by atoms with van der Waals surface area (Å²) in [5, 5.41) is 0. The SMILES string of the molecule is CN1CCN(c2ccc(F)cc2C(N)=S)CC1(C)C. The Labute approximate surface area is 119 Å². The van der Waals surface area contributed by atoms with Gasteiger partial charge in [0.15, 0.2) is 0 Å². The molecule has 19 heavy (non-hydrogen) atoms. The highest BCUT2D eigenvalue weighted by Crippen LogP contribution is 2.27. The first-order valence-corrected chi connectivity index (χ1v) is 6.77. The number of anilines is 1. The lowest BCUT2D eigenvalue weighted by Gasteiger charge is -2.46. The summed E-state index contributed by atoms with van der Waals surface area (Å²) < 4.78 is 13.3. The third-order valence-corrected chi connectivity index (χ3v) is 4.10. The second kappa shape index (κ2) is 5.06. The molecule has 0 spiro atoms. The minimum atomic E-state index is -0.306. The monoisotopic (exact) mass is 281 g/mol. The first-order valence-electron chi connectivity index (χ1n) is 6.37. The molecule has 5 heteroatoms. The average molecular weight is 281 g/mol. The Hall–Kier alpha value is -1.20. The zero-order chi connectivity index (χ0) is 14.2. The number of benzene rings is 1. The Balaban J connectivity index is 2.35. The molecule has 0 unspecified atom stereocenters. The van der Waals surface area contributed by atoms with Gasteiger partial charge in [-0.05, 0) is 39.1 Å². The number of halogens is 1. The minimum absolute atomic E-state index is 0.0696. The van der Waals surface area contributed by atoms with E-state index in [2.05, 4.69) is 30.7 Å². The maximum Gasteiger partial charge on any atom is 0.124 e. The molecule has 0 aliphatic carbocycles. The Kier molecular flexibility index (Phi) is 3.78. The summed E-state index contributed by atoms with van der Waals surface area (Å²) in [7, 11) is 2.12. The van der Waals surface area contributed by atoms with E-state index < -0.39 is 0 Å². The lowest BCUT2D eigenvalue weighted by atomic mass is 9.98. The van der Waals surface area contributed by atoms with Crippen LogP contribution in [0.5, 0.6) is 0 Å². The molecule has 0 radical (unpaired) electrons. The topological polar surface area (TPSA) is 32.5 Å². The van der Waals surface area contributed by atoms with E-state index in [0.29, 0.717) is 5.56 Å². The van der Waals surface area contributed by atoms with E-state index in [0.717, 1.165) is 25.3 Å². The van der Waals surface area contributed by atoms with Crippen LogP contribution in [-0.2, 0) is 0 Å². The number of nitrogens with zero attached hydrogens (tertiary/aromatic N) is 2. The van der Waals surface area contributed by atoms with Crippen molar-refractivity contribution in [3.05, 3.63) is 29.6 Å². The summed E-state index contributed by atoms with van der Waals surface area (Å²) in [6.45, 7) is 7.11. The fraction of sp³-hybridized carbons (Fsp3) is 0.500. The number of rotatable bonds is 2. The van der Waals surface area contributed by atoms with Crippen LogP contribution in [-0.4, -0.2) is 42.1 Å². The van der Waals surface area contributed by atoms with E-state index in [-0.39, 0.29) is 16.3 Å². The average Bonchev–Trinajstić information content (AvgIpc) is 2.32. The van der Waals surface area contributed by atoms with Crippen molar-refractivity contribution in [1.29, 1.82) is 0 Å². The highest BCUT2D eigenvalue weighted by atomic mass is 32.1. The molecule has 104 valence electrons. The van der Waals surface area contributed by atoms with Crippen molar-refractivity contribution in [2.45, 2.75) is 19.4 Å². The van der Waals surface area contributed by atoms with Gasteiger partial charge in [0.05, 0.1) is 0 Å². The quantitative estimate of drug-likeness (QED) is 0.840. The molecule has 0 aromatic heterocycles. The maximum atomic E-state index is 13.3. The Bertz CT molecular complexity index is 501. The molecule has 1 aliphatic rings. The molecule has 0 saturated carbocycles. The van der Waals surface area contributed by atoms with Crippen LogP contribution in [0, 0.1) is 5.82 Å². The van der Waals surface area contributed by atoms with Crippen LogP contribution >= 0.6 is 12.2 Å². The fourth-order valence-corrected chi connectivity index (χ4v) is 2.59. The molecule has 1 aromatic carbocycles. The predicted octanol–water partition coefficient (Wildman–Crippen LogP) is 1.99. The molecular weight excluding hydrogens is 261 g/mol. The highest BCUT2D eigenvalue weighted by molar-refractivity contribution is 7.80. The van der Waals surface area contributed by atoms with E-state index in [1.807, 2.05) is 0 Å². The second-order valence-electron chi connectivity index (χ2n) is 5.68. The van der Waals surface area contributed by atoms with E-state index >= 15 is 0 Å². The van der Waals surface area contributed by atoms with Crippen molar-refractivity contribution >= 4 is 22.9 Å². The van der Waals surface area contributed by atoms with Crippen molar-refractivity contribution in [2.75, 3.05) is 31.6 Å². The first kappa shape index (κ1) is 14.2. The van der Waals surface area contributed by atoms with Gasteiger partial charge in [0.2, 0.25) is 0 Å². The van der Waals surface area contributed by atoms with Gasteiger partial charge in [-0.15, -0.1) is 0 Å². The van der Waals surface area contributed by atoms with Gasteiger partial charge < -0.3 is 10.6 Å². The van der Waals surface area contributed by atoms with Crippen molar-refractivity contribution in [2.24, 2.45) is 5.73 Å². The Morgan fingerprint density at radius 1 is 1.37 bits per heavy atom. The summed E-state index contributed by atoms with van der Waals surface area (Å²) in [6, 6.07) is 4.65. The lowest BCUT2D eigenvalue weighted by Crippen LogP contribution is -2.58. The highest BCUT2D eigenvalue weighted by Gasteiger charge is 2.32. The van der Waals surface area contributed by atoms with Gasteiger partial charge in [-0.3, -0.25) is 4.90 Å². The third kappa shape index (κ3) is 2.87. The Morgan fingerprint density at radius 3 is 2.63 bits per heavy atom. The minimum Gasteiger partial charge on any atom is -0.389 e. The zero-order valence-corrected chi connectivity index (χ0v) is 12.4. The number of nitrogens with two attached hydrogens (primary N) is 1. The van der Waals surface area contributed by atoms with E-state index in [1.54, 1.807) is 6.07 Å². The van der Waals surface area contributed by atoms with Crippen molar-refractivity contribution in [1.82, 2.24) is 4.90 Å². The van der Waals surface area contributed by atoms with Gasteiger partial charge in [0, 0.05) is 36.4 Å². The van der Waals surface area contributed by atoms with Crippen molar-refractivity contribution < 1.29 is 4.39 Å². The van der Waals surface area contributed by atoms with Crippen LogP contribution in [0.15, 0.2) is 18.2 Å². The van der Waals surface area contributed by atoms with Crippen molar-refractivity contribution in [3.8, 4) is 0 Å². The van der Waals surface area contributed by atoms with Crippen LogP contribution in [0.3, 0.4) is 0 Å². The molecule has 1 saturated heterocycles. The predicted molar refractivity (Wildman–Crippen MR) is 81.2 cm³/mol. The number of piperazine rings is 1. The molecule has 3 nitrogen and oxygen atoms in total. The van der Waals surface area contributed by atoms with Gasteiger partial charge >= 0.3 is 0 Å². The number of likely N-dealkylation sites (N-methyl/N-ethyl adjacent to an activating group) is 1. The molecule has 1 heterocycles. The van der Waals surface area contributed by atoms with Gasteiger partial charge in [-0.1, -0.05) is 12.2 Å². The van der Waals surface area contributed by atoms with Gasteiger partial charge in [0.25, 0.3) is 0 Å². The largest absolute Gasteiger partial charge is 0.389 e. The molecule has 1 fully saturated rings. The molecule has 1 aliphatic heterocycles. The van der Waals surface area contributed by atoms with Gasteiger partial charge in [0.1, 0.15) is 10.8 Å². The number of hydrogen-bond donors (Lipinski definition) is 1. The summed E-state index contributed by atoms with van der Waals surface area (Å²) in [6.07, 6.45) is 0. The standard InChI is InChI=1S/C14H20FN3S/c1-14(2)9-18(7-6-17(14)3)12-5-4-10(15)8-11(12)13(16)19/h4-5,8H,6-7,9H2,1-3H3,(H2,16,19). The molecule has 0 bridgehead atoms. The maximum absolute atomic E-state index is 13.3. The zero-order valence-electron chi connectivity index (χ0n) is 11.6. The second-order valence-corrected chi connectivity index (χ2v) is 6.12. The van der Waals surface area contributed by atoms with Crippen molar-refractivity contribution in [3.63, 3.8) is 0 Å². The van der Waals surface area contributed by atoms with Crippen LogP contribution in [0.4, 0.5) is 10.1 Å². The molecule has 1 aromatic rings. The van der Waals surface area contributed by atoms with Crippen LogP contribution in [0.1, 0.15) is 19.4 Å². The van der Waals surface area contributed by atoms with E-state index in [4.69, 9.17) is 18.0 Å². The van der Waals surface area contributed by atoms with E-state index in [9.17, 15) is 4.39 Å². The first-order chi connectivity index (χ1) is 8.81. The van der Waals surface area contributed by atoms with E-state index in [1.165, 1.54) is 12.1 Å². The summed E-state index contributed by atoms with van der Waals surface area (Å²) >= 11 is 5.03. The van der Waals surface area contributed by atoms with Gasteiger partial charge in [-0.25, -0.2) is 4.39 Å². The third-order valence-electron chi connectivity index (χ3n) is 3.88. The number of thiocarbonyl (C=S) groups is 1. The summed E-state index contributed by atoms with van der Waals surface area (Å²) in [4.78, 5) is 4.80. The molecule has 0 atom stereocenters. The van der Waals surface area contributed by atoms with Crippen LogP contribution < -0.4 is 10.6 Å². The summed E-state index contributed by atoms with van der Waals surface area (Å²) in [5.74, 6) is -0.306. The normalized spacial score (nSPS) is 19.5. The smallest absolute Gasteiger partial charge is 0.124 e. The van der Waals surface area contributed by atoms with Crippen LogP contribution in [0.25, 0.3) is 0 Å². The lowest BCUT2D eigenvalue weighted by molar-refractivity contribution is 0.139.